The van der Waals surface area contributed by atoms with E-state index in [4.69, 9.17) is 0 Å². The summed E-state index contributed by atoms with van der Waals surface area (Å²) in [5, 5.41) is 8.43. The lowest BCUT2D eigenvalue weighted by molar-refractivity contribution is 0.0933. The summed E-state index contributed by atoms with van der Waals surface area (Å²) >= 11 is 1.53. The first-order valence-corrected chi connectivity index (χ1v) is 7.27. The lowest BCUT2D eigenvalue weighted by Gasteiger charge is -2.23. The smallest absolute Gasteiger partial charge is 0.261 e. The third kappa shape index (κ3) is 5.58. The van der Waals surface area contributed by atoms with Crippen LogP contribution in [0, 0.1) is 0 Å². The number of hydrogen-bond donors (Lipinski definition) is 2. The number of piperidine rings is 1. The first kappa shape index (κ1) is 19.7. The number of halogens is 2. The van der Waals surface area contributed by atoms with Crippen LogP contribution >= 0.6 is 36.2 Å². The van der Waals surface area contributed by atoms with Crippen molar-refractivity contribution in [3.05, 3.63) is 21.9 Å². The average molecular weight is 340 g/mol. The van der Waals surface area contributed by atoms with Crippen LogP contribution in [0.4, 0.5) is 0 Å². The van der Waals surface area contributed by atoms with Gasteiger partial charge in [0, 0.05) is 19.1 Å². The molecule has 1 amide bonds. The molecule has 1 atom stereocenters. The molecule has 7 heteroatoms. The minimum atomic E-state index is 0. The minimum absolute atomic E-state index is 0. The fraction of sp³-hybridized carbons (Fsp3) is 0.615. The number of nitrogens with zero attached hydrogens (tertiary/aromatic N) is 1. The molecule has 2 N–H and O–H groups in total. The van der Waals surface area contributed by atoms with E-state index >= 15 is 0 Å². The van der Waals surface area contributed by atoms with Crippen molar-refractivity contribution >= 4 is 42.1 Å². The standard InChI is InChI=1S/C13H21N3OS.2ClH/c1-16(2)9-10-5-7-18-12(10)13(17)15-11-4-3-6-14-8-11;;/h5,7,11,14H,3-4,6,8-9H2,1-2H3,(H,15,17);2*1H/t11-;;/m0../s1. The highest BCUT2D eigenvalue weighted by Gasteiger charge is 2.19. The summed E-state index contributed by atoms with van der Waals surface area (Å²) in [5.74, 6) is 0.0792. The van der Waals surface area contributed by atoms with Gasteiger partial charge in [-0.3, -0.25) is 4.79 Å². The van der Waals surface area contributed by atoms with Gasteiger partial charge in [-0.05, 0) is 50.5 Å². The molecule has 0 saturated carbocycles. The highest BCUT2D eigenvalue weighted by molar-refractivity contribution is 7.12. The average Bonchev–Trinajstić information content (AvgIpc) is 2.77. The Hall–Kier alpha value is -0.330. The molecule has 1 aliphatic rings. The molecule has 0 spiro atoms. The van der Waals surface area contributed by atoms with Gasteiger partial charge in [0.1, 0.15) is 0 Å². The van der Waals surface area contributed by atoms with Crippen molar-refractivity contribution in [3.8, 4) is 0 Å². The summed E-state index contributed by atoms with van der Waals surface area (Å²) in [7, 11) is 4.04. The number of rotatable bonds is 4. The Morgan fingerprint density at radius 3 is 2.85 bits per heavy atom. The van der Waals surface area contributed by atoms with Crippen LogP contribution in [0.5, 0.6) is 0 Å². The van der Waals surface area contributed by atoms with E-state index in [0.717, 1.165) is 42.9 Å². The van der Waals surface area contributed by atoms with Crippen LogP contribution in [0.25, 0.3) is 0 Å². The molecular formula is C13H23Cl2N3OS. The zero-order valence-electron chi connectivity index (χ0n) is 11.8. The summed E-state index contributed by atoms with van der Waals surface area (Å²) in [6.07, 6.45) is 2.22. The summed E-state index contributed by atoms with van der Waals surface area (Å²) in [6.45, 7) is 2.77. The monoisotopic (exact) mass is 339 g/mol. The molecule has 2 rings (SSSR count). The fourth-order valence-electron chi connectivity index (χ4n) is 2.23. The van der Waals surface area contributed by atoms with Gasteiger partial charge in [0.05, 0.1) is 4.88 Å². The SMILES string of the molecule is CN(C)Cc1ccsc1C(=O)N[C@H]1CCCNC1.Cl.Cl. The van der Waals surface area contributed by atoms with Crippen LogP contribution in [0.15, 0.2) is 11.4 Å². The van der Waals surface area contributed by atoms with Crippen molar-refractivity contribution < 1.29 is 4.79 Å². The maximum atomic E-state index is 12.2. The zero-order valence-corrected chi connectivity index (χ0v) is 14.3. The summed E-state index contributed by atoms with van der Waals surface area (Å²) in [6, 6.07) is 2.32. The third-order valence-corrected chi connectivity index (χ3v) is 4.03. The van der Waals surface area contributed by atoms with Gasteiger partial charge in [-0.15, -0.1) is 36.2 Å². The number of thiophene rings is 1. The number of nitrogens with one attached hydrogen (secondary N) is 2. The normalized spacial score (nSPS) is 18.1. The molecule has 0 unspecified atom stereocenters. The topological polar surface area (TPSA) is 44.4 Å². The molecule has 0 bridgehead atoms. The summed E-state index contributed by atoms with van der Waals surface area (Å²) < 4.78 is 0. The van der Waals surface area contributed by atoms with Gasteiger partial charge in [-0.2, -0.15) is 0 Å². The van der Waals surface area contributed by atoms with Crippen LogP contribution in [0.2, 0.25) is 0 Å². The van der Waals surface area contributed by atoms with Crippen LogP contribution in [-0.2, 0) is 6.54 Å². The molecule has 1 saturated heterocycles. The molecule has 0 aromatic carbocycles. The second-order valence-corrected chi connectivity index (χ2v) is 5.95. The molecule has 1 fully saturated rings. The molecule has 20 heavy (non-hydrogen) atoms. The Morgan fingerprint density at radius 2 is 2.25 bits per heavy atom. The Balaban J connectivity index is 0.00000180. The van der Waals surface area contributed by atoms with Gasteiger partial charge >= 0.3 is 0 Å². The molecular weight excluding hydrogens is 317 g/mol. The Labute approximate surface area is 137 Å². The van der Waals surface area contributed by atoms with E-state index in [1.165, 1.54) is 11.3 Å². The quantitative estimate of drug-likeness (QED) is 0.883. The van der Waals surface area contributed by atoms with Crippen molar-refractivity contribution in [1.29, 1.82) is 0 Å². The van der Waals surface area contributed by atoms with E-state index in [2.05, 4.69) is 15.5 Å². The van der Waals surface area contributed by atoms with E-state index in [0.29, 0.717) is 0 Å². The second-order valence-electron chi connectivity index (χ2n) is 5.03. The highest BCUT2D eigenvalue weighted by atomic mass is 35.5. The molecule has 116 valence electrons. The number of hydrogen-bond acceptors (Lipinski definition) is 4. The first-order chi connectivity index (χ1) is 8.66. The van der Waals surface area contributed by atoms with Crippen LogP contribution < -0.4 is 10.6 Å². The molecule has 2 heterocycles. The van der Waals surface area contributed by atoms with E-state index in [9.17, 15) is 4.79 Å². The van der Waals surface area contributed by atoms with Gasteiger partial charge < -0.3 is 15.5 Å². The Kier molecular flexibility index (Phi) is 9.42. The first-order valence-electron chi connectivity index (χ1n) is 6.39. The predicted molar refractivity (Wildman–Crippen MR) is 89.6 cm³/mol. The van der Waals surface area contributed by atoms with Gasteiger partial charge in [-0.1, -0.05) is 0 Å². The number of carbonyl (C=O) groups excluding carboxylic acids is 1. The van der Waals surface area contributed by atoms with Crippen LogP contribution in [0.3, 0.4) is 0 Å². The molecule has 1 aromatic heterocycles. The van der Waals surface area contributed by atoms with Crippen molar-refractivity contribution in [1.82, 2.24) is 15.5 Å². The predicted octanol–water partition coefficient (Wildman–Crippen LogP) is 2.14. The Bertz CT molecular complexity index is 406. The maximum Gasteiger partial charge on any atom is 0.261 e. The summed E-state index contributed by atoms with van der Waals surface area (Å²) in [5.41, 5.74) is 1.12. The maximum absolute atomic E-state index is 12.2. The Morgan fingerprint density at radius 1 is 1.50 bits per heavy atom. The number of carbonyl (C=O) groups is 1. The van der Waals surface area contributed by atoms with Crippen LogP contribution in [-0.4, -0.2) is 44.0 Å². The van der Waals surface area contributed by atoms with E-state index < -0.39 is 0 Å². The second kappa shape index (κ2) is 9.58. The number of amides is 1. The lowest BCUT2D eigenvalue weighted by atomic mass is 10.1. The molecule has 4 nitrogen and oxygen atoms in total. The molecule has 0 aliphatic carbocycles. The molecule has 1 aromatic rings. The van der Waals surface area contributed by atoms with Gasteiger partial charge in [0.15, 0.2) is 0 Å². The van der Waals surface area contributed by atoms with Crippen molar-refractivity contribution in [2.45, 2.75) is 25.4 Å². The third-order valence-electron chi connectivity index (χ3n) is 3.07. The van der Waals surface area contributed by atoms with Crippen molar-refractivity contribution in [2.24, 2.45) is 0 Å². The van der Waals surface area contributed by atoms with Crippen molar-refractivity contribution in [2.75, 3.05) is 27.2 Å². The largest absolute Gasteiger partial charge is 0.347 e. The van der Waals surface area contributed by atoms with E-state index in [1.54, 1.807) is 0 Å². The van der Waals surface area contributed by atoms with E-state index in [-0.39, 0.29) is 36.8 Å². The van der Waals surface area contributed by atoms with Crippen molar-refractivity contribution in [3.63, 3.8) is 0 Å². The summed E-state index contributed by atoms with van der Waals surface area (Å²) in [4.78, 5) is 15.2. The molecule has 0 radical (unpaired) electrons. The molecule has 1 aliphatic heterocycles. The van der Waals surface area contributed by atoms with Gasteiger partial charge in [0.2, 0.25) is 0 Å². The zero-order chi connectivity index (χ0) is 13.0. The lowest BCUT2D eigenvalue weighted by Crippen LogP contribution is -2.45. The van der Waals surface area contributed by atoms with Gasteiger partial charge in [0.25, 0.3) is 5.91 Å². The van der Waals surface area contributed by atoms with Crippen LogP contribution in [0.1, 0.15) is 28.1 Å². The fourth-order valence-corrected chi connectivity index (χ4v) is 3.04. The minimum Gasteiger partial charge on any atom is -0.347 e. The highest BCUT2D eigenvalue weighted by Crippen LogP contribution is 2.18. The van der Waals surface area contributed by atoms with E-state index in [1.807, 2.05) is 25.5 Å². The van der Waals surface area contributed by atoms with Gasteiger partial charge in [-0.25, -0.2) is 0 Å².